The molecule has 0 N–H and O–H groups in total. The van der Waals surface area contributed by atoms with E-state index in [2.05, 4.69) is 17.7 Å². The lowest BCUT2D eigenvalue weighted by Gasteiger charge is -2.08. The van der Waals surface area contributed by atoms with Crippen molar-refractivity contribution in [1.29, 1.82) is 0 Å². The van der Waals surface area contributed by atoms with E-state index in [1.54, 1.807) is 13.2 Å². The zero-order chi connectivity index (χ0) is 15.2. The standard InChI is InChI=1S/C18H18O3/c1-13-4-5-14(6-11-18(19)21-3)12-17(13)15-7-9-16(20-2)10-8-15/h4-12H,1-3H3. The third kappa shape index (κ3) is 3.72. The van der Waals surface area contributed by atoms with Gasteiger partial charge in [0.1, 0.15) is 5.75 Å². The molecule has 0 amide bonds. The van der Waals surface area contributed by atoms with Gasteiger partial charge < -0.3 is 9.47 Å². The number of ether oxygens (including phenoxy) is 2. The number of carbonyl (C=O) groups is 1. The van der Waals surface area contributed by atoms with E-state index in [1.807, 2.05) is 36.4 Å². The van der Waals surface area contributed by atoms with Crippen molar-refractivity contribution < 1.29 is 14.3 Å². The molecule has 0 aliphatic rings. The van der Waals surface area contributed by atoms with E-state index >= 15 is 0 Å². The molecule has 0 aromatic heterocycles. The number of methoxy groups -OCH3 is 2. The highest BCUT2D eigenvalue weighted by molar-refractivity contribution is 5.87. The van der Waals surface area contributed by atoms with Crippen molar-refractivity contribution in [3.8, 4) is 16.9 Å². The predicted molar refractivity (Wildman–Crippen MR) is 84.2 cm³/mol. The number of rotatable bonds is 4. The van der Waals surface area contributed by atoms with Crippen molar-refractivity contribution >= 4 is 12.0 Å². The Bertz CT molecular complexity index is 655. The van der Waals surface area contributed by atoms with Crippen LogP contribution in [-0.2, 0) is 9.53 Å². The van der Waals surface area contributed by atoms with Crippen molar-refractivity contribution in [2.45, 2.75) is 6.92 Å². The normalized spacial score (nSPS) is 10.6. The Kier molecular flexibility index (Phi) is 4.77. The lowest BCUT2D eigenvalue weighted by Crippen LogP contribution is -1.93. The lowest BCUT2D eigenvalue weighted by atomic mass is 9.98. The molecule has 0 saturated heterocycles. The molecule has 2 aromatic rings. The highest BCUT2D eigenvalue weighted by Gasteiger charge is 2.03. The van der Waals surface area contributed by atoms with Crippen LogP contribution in [0.15, 0.2) is 48.5 Å². The molecule has 0 aliphatic carbocycles. The maximum absolute atomic E-state index is 11.2. The first-order chi connectivity index (χ1) is 10.1. The van der Waals surface area contributed by atoms with Gasteiger partial charge in [0.05, 0.1) is 14.2 Å². The van der Waals surface area contributed by atoms with Gasteiger partial charge in [0.25, 0.3) is 0 Å². The summed E-state index contributed by atoms with van der Waals surface area (Å²) in [6, 6.07) is 14.0. The van der Waals surface area contributed by atoms with Gasteiger partial charge in [-0.1, -0.05) is 24.3 Å². The van der Waals surface area contributed by atoms with Gasteiger partial charge >= 0.3 is 5.97 Å². The van der Waals surface area contributed by atoms with Crippen LogP contribution < -0.4 is 4.74 Å². The first-order valence-corrected chi connectivity index (χ1v) is 6.65. The molecule has 0 radical (unpaired) electrons. The monoisotopic (exact) mass is 282 g/mol. The minimum atomic E-state index is -0.360. The molecule has 0 fully saturated rings. The third-order valence-corrected chi connectivity index (χ3v) is 3.28. The van der Waals surface area contributed by atoms with Crippen LogP contribution in [0.3, 0.4) is 0 Å². The van der Waals surface area contributed by atoms with Gasteiger partial charge in [-0.3, -0.25) is 0 Å². The zero-order valence-corrected chi connectivity index (χ0v) is 12.4. The SMILES string of the molecule is COC(=O)C=Cc1ccc(C)c(-c2ccc(OC)cc2)c1. The highest BCUT2D eigenvalue weighted by atomic mass is 16.5. The van der Waals surface area contributed by atoms with Crippen LogP contribution in [0.25, 0.3) is 17.2 Å². The molecule has 108 valence electrons. The van der Waals surface area contributed by atoms with E-state index in [-0.39, 0.29) is 5.97 Å². The molecular formula is C18H18O3. The second kappa shape index (κ2) is 6.75. The number of esters is 1. The second-order valence-corrected chi connectivity index (χ2v) is 4.66. The van der Waals surface area contributed by atoms with Crippen LogP contribution in [-0.4, -0.2) is 20.2 Å². The largest absolute Gasteiger partial charge is 0.497 e. The Balaban J connectivity index is 2.34. The topological polar surface area (TPSA) is 35.5 Å². The van der Waals surface area contributed by atoms with Gasteiger partial charge in [0.2, 0.25) is 0 Å². The summed E-state index contributed by atoms with van der Waals surface area (Å²) in [4.78, 5) is 11.2. The lowest BCUT2D eigenvalue weighted by molar-refractivity contribution is -0.134. The number of hydrogen-bond acceptors (Lipinski definition) is 3. The fourth-order valence-electron chi connectivity index (χ4n) is 2.06. The molecule has 0 heterocycles. The number of aryl methyl sites for hydroxylation is 1. The molecule has 3 nitrogen and oxygen atoms in total. The molecule has 21 heavy (non-hydrogen) atoms. The molecule has 0 bridgehead atoms. The summed E-state index contributed by atoms with van der Waals surface area (Å²) in [5, 5.41) is 0. The molecule has 0 spiro atoms. The Labute approximate surface area is 124 Å². The summed E-state index contributed by atoms with van der Waals surface area (Å²) in [6.07, 6.45) is 3.17. The summed E-state index contributed by atoms with van der Waals surface area (Å²) in [7, 11) is 3.02. The summed E-state index contributed by atoms with van der Waals surface area (Å²) < 4.78 is 9.77. The Morgan fingerprint density at radius 3 is 2.38 bits per heavy atom. The van der Waals surface area contributed by atoms with Crippen molar-refractivity contribution in [3.05, 3.63) is 59.7 Å². The second-order valence-electron chi connectivity index (χ2n) is 4.66. The van der Waals surface area contributed by atoms with E-state index in [0.717, 1.165) is 22.4 Å². The summed E-state index contributed by atoms with van der Waals surface area (Å²) in [5.41, 5.74) is 4.37. The van der Waals surface area contributed by atoms with Crippen LogP contribution in [0, 0.1) is 6.92 Å². The van der Waals surface area contributed by atoms with Gasteiger partial charge in [0, 0.05) is 6.08 Å². The van der Waals surface area contributed by atoms with Gasteiger partial charge in [0.15, 0.2) is 0 Å². The third-order valence-electron chi connectivity index (χ3n) is 3.28. The Hall–Kier alpha value is -2.55. The number of benzene rings is 2. The molecule has 0 saturated carbocycles. The molecular weight excluding hydrogens is 264 g/mol. The molecule has 0 aliphatic heterocycles. The van der Waals surface area contributed by atoms with E-state index in [9.17, 15) is 4.79 Å². The van der Waals surface area contributed by atoms with Crippen LogP contribution in [0.5, 0.6) is 5.75 Å². The van der Waals surface area contributed by atoms with Crippen LogP contribution in [0.1, 0.15) is 11.1 Å². The zero-order valence-electron chi connectivity index (χ0n) is 12.4. The van der Waals surface area contributed by atoms with Gasteiger partial charge in [-0.25, -0.2) is 4.79 Å². The Morgan fingerprint density at radius 2 is 1.76 bits per heavy atom. The average Bonchev–Trinajstić information content (AvgIpc) is 2.54. The molecule has 0 atom stereocenters. The Morgan fingerprint density at radius 1 is 1.05 bits per heavy atom. The van der Waals surface area contributed by atoms with Crippen LogP contribution in [0.4, 0.5) is 0 Å². The summed E-state index contributed by atoms with van der Waals surface area (Å²) >= 11 is 0. The molecule has 3 heteroatoms. The predicted octanol–water partition coefficient (Wildman–Crippen LogP) is 3.86. The van der Waals surface area contributed by atoms with Crippen LogP contribution in [0.2, 0.25) is 0 Å². The van der Waals surface area contributed by atoms with E-state index in [0.29, 0.717) is 0 Å². The number of carbonyl (C=O) groups excluding carboxylic acids is 1. The van der Waals surface area contributed by atoms with Gasteiger partial charge in [-0.15, -0.1) is 0 Å². The maximum atomic E-state index is 11.2. The minimum Gasteiger partial charge on any atom is -0.497 e. The van der Waals surface area contributed by atoms with Crippen molar-refractivity contribution in [2.24, 2.45) is 0 Å². The fourth-order valence-corrected chi connectivity index (χ4v) is 2.06. The van der Waals surface area contributed by atoms with Crippen molar-refractivity contribution in [3.63, 3.8) is 0 Å². The minimum absolute atomic E-state index is 0.360. The first kappa shape index (κ1) is 14.9. The molecule has 0 unspecified atom stereocenters. The van der Waals surface area contributed by atoms with E-state index < -0.39 is 0 Å². The number of hydrogen-bond donors (Lipinski definition) is 0. The molecule has 2 aromatic carbocycles. The summed E-state index contributed by atoms with van der Waals surface area (Å²) in [5.74, 6) is 0.472. The molecule has 2 rings (SSSR count). The van der Waals surface area contributed by atoms with Crippen molar-refractivity contribution in [2.75, 3.05) is 14.2 Å². The van der Waals surface area contributed by atoms with Gasteiger partial charge in [-0.05, 0) is 53.5 Å². The average molecular weight is 282 g/mol. The maximum Gasteiger partial charge on any atom is 0.330 e. The van der Waals surface area contributed by atoms with Crippen LogP contribution >= 0.6 is 0 Å². The smallest absolute Gasteiger partial charge is 0.330 e. The van der Waals surface area contributed by atoms with Gasteiger partial charge in [-0.2, -0.15) is 0 Å². The summed E-state index contributed by atoms with van der Waals surface area (Å²) in [6.45, 7) is 2.06. The van der Waals surface area contributed by atoms with Crippen molar-refractivity contribution in [1.82, 2.24) is 0 Å². The van der Waals surface area contributed by atoms with E-state index in [4.69, 9.17) is 4.74 Å². The fraction of sp³-hybridized carbons (Fsp3) is 0.167. The first-order valence-electron chi connectivity index (χ1n) is 6.65. The quantitative estimate of drug-likeness (QED) is 0.631. The highest BCUT2D eigenvalue weighted by Crippen LogP contribution is 2.26. The van der Waals surface area contributed by atoms with E-state index in [1.165, 1.54) is 18.7 Å².